The molecule has 1 unspecified atom stereocenters. The fourth-order valence-electron chi connectivity index (χ4n) is 3.71. The summed E-state index contributed by atoms with van der Waals surface area (Å²) < 4.78 is 7.40. The zero-order chi connectivity index (χ0) is 16.8. The van der Waals surface area contributed by atoms with E-state index in [0.29, 0.717) is 23.6 Å². The minimum absolute atomic E-state index is 0.0100. The van der Waals surface area contributed by atoms with Crippen molar-refractivity contribution >= 4 is 16.9 Å². The normalized spacial score (nSPS) is 17.8. The lowest BCUT2D eigenvalue weighted by molar-refractivity contribution is 0.0785. The Kier molecular flexibility index (Phi) is 3.40. The van der Waals surface area contributed by atoms with Gasteiger partial charge in [-0.25, -0.2) is 4.98 Å². The first-order valence-electron chi connectivity index (χ1n) is 8.22. The molecule has 6 nitrogen and oxygen atoms in total. The predicted octanol–water partition coefficient (Wildman–Crippen LogP) is 3.04. The predicted molar refractivity (Wildman–Crippen MR) is 90.0 cm³/mol. The summed E-state index contributed by atoms with van der Waals surface area (Å²) in [7, 11) is 0. The highest BCUT2D eigenvalue weighted by Gasteiger charge is 2.32. The van der Waals surface area contributed by atoms with Crippen LogP contribution >= 0.6 is 0 Å². The Morgan fingerprint density at radius 1 is 1.25 bits per heavy atom. The van der Waals surface area contributed by atoms with E-state index in [1.165, 1.54) is 0 Å². The Labute approximate surface area is 140 Å². The minimum Gasteiger partial charge on any atom is -0.361 e. The van der Waals surface area contributed by atoms with E-state index in [4.69, 9.17) is 4.52 Å². The first kappa shape index (κ1) is 14.9. The van der Waals surface area contributed by atoms with Crippen LogP contribution in [0.4, 0.5) is 0 Å². The number of aromatic nitrogens is 3. The van der Waals surface area contributed by atoms with Crippen molar-refractivity contribution in [2.75, 3.05) is 13.1 Å². The highest BCUT2D eigenvalue weighted by Crippen LogP contribution is 2.29. The van der Waals surface area contributed by atoms with Crippen LogP contribution in [0, 0.1) is 20.8 Å². The van der Waals surface area contributed by atoms with E-state index in [9.17, 15) is 4.79 Å². The number of benzene rings is 1. The quantitative estimate of drug-likeness (QED) is 0.727. The van der Waals surface area contributed by atoms with Crippen LogP contribution in [-0.2, 0) is 0 Å². The van der Waals surface area contributed by atoms with E-state index in [1.807, 2.05) is 36.9 Å². The third kappa shape index (κ3) is 2.21. The highest BCUT2D eigenvalue weighted by atomic mass is 16.5. The first-order chi connectivity index (χ1) is 11.6. The number of hydrogen-bond acceptors (Lipinski definition) is 4. The van der Waals surface area contributed by atoms with E-state index >= 15 is 0 Å². The van der Waals surface area contributed by atoms with E-state index in [2.05, 4.69) is 20.8 Å². The summed E-state index contributed by atoms with van der Waals surface area (Å²) in [6.07, 6.45) is 0.927. The van der Waals surface area contributed by atoms with Gasteiger partial charge in [0, 0.05) is 13.1 Å². The molecule has 0 radical (unpaired) electrons. The summed E-state index contributed by atoms with van der Waals surface area (Å²) in [5, 5.41) is 3.89. The van der Waals surface area contributed by atoms with Gasteiger partial charge in [-0.05, 0) is 39.3 Å². The lowest BCUT2D eigenvalue weighted by atomic mass is 10.2. The van der Waals surface area contributed by atoms with Crippen LogP contribution < -0.4 is 0 Å². The standard InChI is InChI=1S/C18H20N4O2/c1-11-17(12(2)24-20-11)18(23)21-9-8-14(10-21)22-13(3)19-15-6-4-5-7-16(15)22/h4-7,14H,8-10H2,1-3H3. The molecule has 1 aliphatic heterocycles. The molecule has 1 aliphatic rings. The number of carbonyl (C=O) groups excluding carboxylic acids is 1. The Morgan fingerprint density at radius 2 is 2.04 bits per heavy atom. The van der Waals surface area contributed by atoms with Crippen molar-refractivity contribution in [2.24, 2.45) is 0 Å². The maximum absolute atomic E-state index is 12.8. The monoisotopic (exact) mass is 324 g/mol. The lowest BCUT2D eigenvalue weighted by Crippen LogP contribution is -2.30. The van der Waals surface area contributed by atoms with Crippen LogP contribution in [0.25, 0.3) is 11.0 Å². The number of aryl methyl sites for hydroxylation is 3. The number of carbonyl (C=O) groups is 1. The third-order valence-electron chi connectivity index (χ3n) is 4.84. The molecule has 1 atom stereocenters. The molecular formula is C18H20N4O2. The van der Waals surface area contributed by atoms with Gasteiger partial charge in [0.05, 0.1) is 22.8 Å². The van der Waals surface area contributed by atoms with Crippen LogP contribution in [-0.4, -0.2) is 38.6 Å². The molecule has 0 N–H and O–H groups in total. The van der Waals surface area contributed by atoms with Crippen molar-refractivity contribution in [3.63, 3.8) is 0 Å². The molecule has 6 heteroatoms. The van der Waals surface area contributed by atoms with Gasteiger partial charge >= 0.3 is 0 Å². The van der Waals surface area contributed by atoms with Crippen LogP contribution in [0.15, 0.2) is 28.8 Å². The van der Waals surface area contributed by atoms with Gasteiger partial charge in [-0.1, -0.05) is 17.3 Å². The number of fused-ring (bicyclic) bond motifs is 1. The SMILES string of the molecule is Cc1noc(C)c1C(=O)N1CCC(n2c(C)nc3ccccc32)C1. The fraction of sp³-hybridized carbons (Fsp3) is 0.389. The topological polar surface area (TPSA) is 64.2 Å². The number of likely N-dealkylation sites (tertiary alicyclic amines) is 1. The maximum Gasteiger partial charge on any atom is 0.259 e. The van der Waals surface area contributed by atoms with E-state index in [-0.39, 0.29) is 11.9 Å². The van der Waals surface area contributed by atoms with Crippen molar-refractivity contribution < 1.29 is 9.32 Å². The van der Waals surface area contributed by atoms with Crippen LogP contribution in [0.5, 0.6) is 0 Å². The number of para-hydroxylation sites is 2. The minimum atomic E-state index is 0.0100. The summed E-state index contributed by atoms with van der Waals surface area (Å²) in [5.41, 5.74) is 3.39. The molecule has 2 aromatic heterocycles. The van der Waals surface area contributed by atoms with Gasteiger partial charge in [0.1, 0.15) is 17.1 Å². The molecule has 24 heavy (non-hydrogen) atoms. The van der Waals surface area contributed by atoms with Crippen molar-refractivity contribution in [1.29, 1.82) is 0 Å². The first-order valence-corrected chi connectivity index (χ1v) is 8.22. The van der Waals surface area contributed by atoms with Gasteiger partial charge in [-0.3, -0.25) is 4.79 Å². The molecule has 0 aliphatic carbocycles. The molecule has 1 saturated heterocycles. The van der Waals surface area contributed by atoms with Crippen molar-refractivity contribution in [3.05, 3.63) is 47.1 Å². The molecule has 4 rings (SSSR count). The maximum atomic E-state index is 12.8. The van der Waals surface area contributed by atoms with Crippen molar-refractivity contribution in [2.45, 2.75) is 33.2 Å². The molecule has 0 bridgehead atoms. The summed E-state index contributed by atoms with van der Waals surface area (Å²) >= 11 is 0. The Balaban J connectivity index is 1.63. The number of imidazole rings is 1. The lowest BCUT2D eigenvalue weighted by Gasteiger charge is -2.18. The van der Waals surface area contributed by atoms with Gasteiger partial charge in [0.25, 0.3) is 5.91 Å². The molecule has 0 spiro atoms. The summed E-state index contributed by atoms with van der Waals surface area (Å²) in [5.74, 6) is 1.59. The molecule has 3 aromatic rings. The van der Waals surface area contributed by atoms with Crippen molar-refractivity contribution in [1.82, 2.24) is 19.6 Å². The summed E-state index contributed by atoms with van der Waals surface area (Å²) in [6, 6.07) is 8.40. The molecule has 3 heterocycles. The third-order valence-corrected chi connectivity index (χ3v) is 4.84. The van der Waals surface area contributed by atoms with Gasteiger partial charge in [0.2, 0.25) is 0 Å². The smallest absolute Gasteiger partial charge is 0.259 e. The van der Waals surface area contributed by atoms with Gasteiger partial charge < -0.3 is 14.0 Å². The van der Waals surface area contributed by atoms with E-state index < -0.39 is 0 Å². The number of hydrogen-bond donors (Lipinski definition) is 0. The average Bonchev–Trinajstić information content (AvgIpc) is 3.23. The molecule has 1 fully saturated rings. The second-order valence-electron chi connectivity index (χ2n) is 6.41. The number of amides is 1. The van der Waals surface area contributed by atoms with Crippen LogP contribution in [0.3, 0.4) is 0 Å². The average molecular weight is 324 g/mol. The van der Waals surface area contributed by atoms with Crippen LogP contribution in [0.2, 0.25) is 0 Å². The second kappa shape index (κ2) is 5.47. The summed E-state index contributed by atoms with van der Waals surface area (Å²) in [4.78, 5) is 19.3. The largest absolute Gasteiger partial charge is 0.361 e. The Bertz CT molecular complexity index is 905. The number of nitrogens with zero attached hydrogens (tertiary/aromatic N) is 4. The molecule has 124 valence electrons. The molecule has 1 amide bonds. The second-order valence-corrected chi connectivity index (χ2v) is 6.41. The zero-order valence-electron chi connectivity index (χ0n) is 14.1. The Hall–Kier alpha value is -2.63. The van der Waals surface area contributed by atoms with Gasteiger partial charge in [0.15, 0.2) is 0 Å². The number of rotatable bonds is 2. The molecular weight excluding hydrogens is 304 g/mol. The van der Waals surface area contributed by atoms with Gasteiger partial charge in [-0.2, -0.15) is 0 Å². The van der Waals surface area contributed by atoms with E-state index in [1.54, 1.807) is 6.92 Å². The van der Waals surface area contributed by atoms with Crippen LogP contribution in [0.1, 0.15) is 40.1 Å². The Morgan fingerprint density at radius 3 is 2.79 bits per heavy atom. The fourth-order valence-corrected chi connectivity index (χ4v) is 3.71. The summed E-state index contributed by atoms with van der Waals surface area (Å²) in [6.45, 7) is 7.04. The van der Waals surface area contributed by atoms with E-state index in [0.717, 1.165) is 29.8 Å². The zero-order valence-corrected chi connectivity index (χ0v) is 14.1. The van der Waals surface area contributed by atoms with Gasteiger partial charge in [-0.15, -0.1) is 0 Å². The van der Waals surface area contributed by atoms with Crippen molar-refractivity contribution in [3.8, 4) is 0 Å². The molecule has 0 saturated carbocycles. The molecule has 1 aromatic carbocycles. The highest BCUT2D eigenvalue weighted by molar-refractivity contribution is 5.96.